The van der Waals surface area contributed by atoms with E-state index >= 15 is 0 Å². The summed E-state index contributed by atoms with van der Waals surface area (Å²) in [6.45, 7) is 5.33. The van der Waals surface area contributed by atoms with Crippen LogP contribution < -0.4 is 0 Å². The summed E-state index contributed by atoms with van der Waals surface area (Å²) in [5.74, 6) is 0. The van der Waals surface area contributed by atoms with Gasteiger partial charge in [0.25, 0.3) is 0 Å². The average molecular weight is 114 g/mol. The first-order chi connectivity index (χ1) is 1.73. The molecule has 0 aromatic rings. The Bertz CT molecular complexity index is 12.4. The van der Waals surface area contributed by atoms with Gasteiger partial charge >= 0.3 is 17.1 Å². The molecule has 0 fully saturated rings. The van der Waals surface area contributed by atoms with Crippen molar-refractivity contribution in [2.45, 2.75) is 6.82 Å². The van der Waals surface area contributed by atoms with Gasteiger partial charge < -0.3 is 6.82 Å². The molecule has 0 heterocycles. The van der Waals surface area contributed by atoms with Crippen LogP contribution in [0.15, 0.2) is 0 Å². The molecular formula is C2H5B2Cu. The first-order valence-corrected chi connectivity index (χ1v) is 1.32. The Balaban J connectivity index is 0. The normalized spacial score (nSPS) is 5.20. The third kappa shape index (κ3) is 77.4. The zero-order valence-electron chi connectivity index (χ0n) is 3.16. The van der Waals surface area contributed by atoms with Gasteiger partial charge in [-0.25, -0.2) is 0 Å². The van der Waals surface area contributed by atoms with Crippen LogP contribution in [0.1, 0.15) is 0 Å². The molecule has 0 nitrogen and oxygen atoms in total. The molecule has 0 aromatic carbocycles. The number of hydrogen-bond donors (Lipinski definition) is 0. The van der Waals surface area contributed by atoms with E-state index in [1.165, 1.54) is 0 Å². The fourth-order valence-electron chi connectivity index (χ4n) is 0. The van der Waals surface area contributed by atoms with E-state index in [1.54, 1.807) is 0 Å². The second-order valence-corrected chi connectivity index (χ2v) is 0.977. The minimum Gasteiger partial charge on any atom is -0.372 e. The number of rotatable bonds is 0. The zero-order chi connectivity index (χ0) is 3.58. The Morgan fingerprint density at radius 3 is 1.80 bits per heavy atom. The molecule has 0 saturated heterocycles. The monoisotopic (exact) mass is 114 g/mol. The SMILES string of the molecule is [B]B([CH2-])C.[Cu+]. The fourth-order valence-corrected chi connectivity index (χ4v) is 0. The first-order valence-electron chi connectivity index (χ1n) is 1.32. The van der Waals surface area contributed by atoms with Crippen LogP contribution in [0.25, 0.3) is 0 Å². The molecule has 3 heteroatoms. The maximum Gasteiger partial charge on any atom is 1.00 e. The molecule has 0 amide bonds. The van der Waals surface area contributed by atoms with Crippen molar-refractivity contribution in [3.63, 3.8) is 0 Å². The predicted octanol–water partition coefficient (Wildman–Crippen LogP) is 0.147. The molecule has 0 unspecified atom stereocenters. The molecule has 0 aromatic heterocycles. The van der Waals surface area contributed by atoms with Crippen LogP contribution in [0, 0.1) is 6.82 Å². The first kappa shape index (κ1) is 9.17. The van der Waals surface area contributed by atoms with Gasteiger partial charge in [0.05, 0.1) is 0 Å². The Hall–Kier alpha value is 0.649. The van der Waals surface area contributed by atoms with E-state index in [1.807, 2.05) is 6.82 Å². The van der Waals surface area contributed by atoms with Crippen molar-refractivity contribution in [1.29, 1.82) is 0 Å². The quantitative estimate of drug-likeness (QED) is 0.310. The van der Waals surface area contributed by atoms with E-state index in [4.69, 9.17) is 7.74 Å². The molecule has 0 bridgehead atoms. The molecule has 5 heavy (non-hydrogen) atoms. The largest absolute Gasteiger partial charge is 1.00 e. The van der Waals surface area contributed by atoms with Crippen LogP contribution in [-0.2, 0) is 17.1 Å². The molecular weight excluding hydrogens is 109 g/mol. The van der Waals surface area contributed by atoms with Gasteiger partial charge in [0.1, 0.15) is 0 Å². The van der Waals surface area contributed by atoms with Crippen LogP contribution >= 0.6 is 0 Å². The fraction of sp³-hybridized carbons (Fsp3) is 0.500. The third-order valence-electron chi connectivity index (χ3n) is 0. The van der Waals surface area contributed by atoms with Crippen molar-refractivity contribution >= 4 is 14.3 Å². The van der Waals surface area contributed by atoms with Gasteiger partial charge in [-0.15, -0.1) is 6.82 Å². The molecule has 0 aliphatic carbocycles. The molecule has 0 aliphatic heterocycles. The van der Waals surface area contributed by atoms with Crippen molar-refractivity contribution in [1.82, 2.24) is 0 Å². The van der Waals surface area contributed by atoms with Crippen LogP contribution in [0.2, 0.25) is 6.82 Å². The summed E-state index contributed by atoms with van der Waals surface area (Å²) in [6, 6.07) is 0. The molecule has 0 N–H and O–H groups in total. The topological polar surface area (TPSA) is 0 Å². The minimum absolute atomic E-state index is 0. The summed E-state index contributed by atoms with van der Waals surface area (Å²) >= 11 is 0. The second-order valence-electron chi connectivity index (χ2n) is 0.977. The Morgan fingerprint density at radius 1 is 1.80 bits per heavy atom. The van der Waals surface area contributed by atoms with Crippen molar-refractivity contribution in [2.24, 2.45) is 0 Å². The average Bonchev–Trinajstić information content (AvgIpc) is 0.811. The van der Waals surface area contributed by atoms with Gasteiger partial charge in [-0.05, 0) is 7.74 Å². The van der Waals surface area contributed by atoms with E-state index in [2.05, 4.69) is 6.82 Å². The Kier molecular flexibility index (Phi) is 8.53. The molecule has 0 saturated carbocycles. The summed E-state index contributed by atoms with van der Waals surface area (Å²) in [5, 5.41) is 0. The van der Waals surface area contributed by atoms with Gasteiger partial charge in [0.15, 0.2) is 0 Å². The van der Waals surface area contributed by atoms with E-state index < -0.39 is 0 Å². The smallest absolute Gasteiger partial charge is 0.372 e. The van der Waals surface area contributed by atoms with Gasteiger partial charge in [-0.3, -0.25) is 0 Å². The van der Waals surface area contributed by atoms with Crippen LogP contribution in [0.4, 0.5) is 0 Å². The summed E-state index contributed by atoms with van der Waals surface area (Å²) < 4.78 is 0. The van der Waals surface area contributed by atoms with Gasteiger partial charge in [-0.1, -0.05) is 6.60 Å². The van der Waals surface area contributed by atoms with E-state index in [9.17, 15) is 0 Å². The van der Waals surface area contributed by atoms with Gasteiger partial charge in [0, 0.05) is 0 Å². The molecule has 0 aliphatic rings. The molecule has 30 valence electrons. The maximum atomic E-state index is 5.00. The van der Waals surface area contributed by atoms with E-state index in [0.717, 1.165) is 0 Å². The van der Waals surface area contributed by atoms with Crippen LogP contribution in [0.5, 0.6) is 0 Å². The molecule has 0 atom stereocenters. The predicted molar refractivity (Wildman–Crippen MR) is 22.7 cm³/mol. The molecule has 2 radical (unpaired) electrons. The summed E-state index contributed by atoms with van der Waals surface area (Å²) in [7, 11) is 5.00. The van der Waals surface area contributed by atoms with Crippen molar-refractivity contribution in [2.75, 3.05) is 0 Å². The molecule has 0 spiro atoms. The summed E-state index contributed by atoms with van der Waals surface area (Å²) in [6.07, 6.45) is 0. The second kappa shape index (κ2) is 4.65. The van der Waals surface area contributed by atoms with Gasteiger partial charge in [0.2, 0.25) is 0 Å². The Labute approximate surface area is 45.7 Å². The van der Waals surface area contributed by atoms with Crippen molar-refractivity contribution < 1.29 is 17.1 Å². The minimum atomic E-state index is 0. The number of hydrogen-bond acceptors (Lipinski definition) is 0. The van der Waals surface area contributed by atoms with Gasteiger partial charge in [-0.2, -0.15) is 0 Å². The van der Waals surface area contributed by atoms with E-state index in [0.29, 0.717) is 0 Å². The standard InChI is InChI=1S/C2H5B2.Cu/c1-4(2)3;/h1H2,2H3;/q-1;+1. The maximum absolute atomic E-state index is 5.00. The van der Waals surface area contributed by atoms with Crippen LogP contribution in [0.3, 0.4) is 0 Å². The summed E-state index contributed by atoms with van der Waals surface area (Å²) in [5.41, 5.74) is 0. The van der Waals surface area contributed by atoms with Crippen LogP contribution in [-0.4, -0.2) is 14.3 Å². The molecule has 0 rings (SSSR count). The Morgan fingerprint density at radius 2 is 1.80 bits per heavy atom. The van der Waals surface area contributed by atoms with Crippen molar-refractivity contribution in [3.8, 4) is 0 Å². The third-order valence-corrected chi connectivity index (χ3v) is 0. The van der Waals surface area contributed by atoms with E-state index in [-0.39, 0.29) is 23.7 Å². The van der Waals surface area contributed by atoms with Crippen molar-refractivity contribution in [3.05, 3.63) is 6.82 Å². The zero-order valence-corrected chi connectivity index (χ0v) is 4.10. The summed E-state index contributed by atoms with van der Waals surface area (Å²) in [4.78, 5) is 0.